The first-order chi connectivity index (χ1) is 16.8. The largest absolute Gasteiger partial charge is 0.507 e. The van der Waals surface area contributed by atoms with Gasteiger partial charge in [-0.1, -0.05) is 23.7 Å². The monoisotopic (exact) mass is 491 g/mol. The van der Waals surface area contributed by atoms with Crippen molar-refractivity contribution >= 4 is 34.7 Å². The third-order valence-electron chi connectivity index (χ3n) is 6.32. The molecule has 1 unspecified atom stereocenters. The Morgan fingerprint density at radius 3 is 2.40 bits per heavy atom. The SMILES string of the molecule is Cc1ccc(N2C(=O)C(=O)/C(=C(\O)c3ccc4c(c3)OCCO4)C2c2ccc(O)c(Cl)c2)cc1C. The van der Waals surface area contributed by atoms with Crippen LogP contribution < -0.4 is 14.4 Å². The molecule has 1 atom stereocenters. The Hall–Kier alpha value is -3.97. The number of anilines is 1. The number of Topliss-reactive ketones (excluding diaryl/α,β-unsaturated/α-hetero) is 1. The molecule has 1 fully saturated rings. The van der Waals surface area contributed by atoms with Crippen molar-refractivity contribution in [3.8, 4) is 17.2 Å². The van der Waals surface area contributed by atoms with Gasteiger partial charge in [-0.05, 0) is 73.0 Å². The first-order valence-corrected chi connectivity index (χ1v) is 11.4. The third kappa shape index (κ3) is 3.88. The average molecular weight is 492 g/mol. The van der Waals surface area contributed by atoms with Gasteiger partial charge in [-0.15, -0.1) is 0 Å². The fraction of sp³-hybridized carbons (Fsp3) is 0.185. The number of nitrogens with zero attached hydrogens (tertiary/aromatic N) is 1. The van der Waals surface area contributed by atoms with Gasteiger partial charge in [0.05, 0.1) is 16.6 Å². The number of carbonyl (C=O) groups is 2. The number of carbonyl (C=O) groups excluding carboxylic acids is 2. The van der Waals surface area contributed by atoms with Crippen molar-refractivity contribution in [1.82, 2.24) is 0 Å². The molecule has 0 saturated carbocycles. The summed E-state index contributed by atoms with van der Waals surface area (Å²) in [5.41, 5.74) is 3.16. The number of rotatable bonds is 3. The quantitative estimate of drug-likeness (QED) is 0.302. The summed E-state index contributed by atoms with van der Waals surface area (Å²) in [6.07, 6.45) is 0. The van der Waals surface area contributed by atoms with Gasteiger partial charge in [-0.2, -0.15) is 0 Å². The van der Waals surface area contributed by atoms with Gasteiger partial charge in [-0.25, -0.2) is 0 Å². The molecular weight excluding hydrogens is 470 g/mol. The first-order valence-electron chi connectivity index (χ1n) is 11.0. The molecule has 5 rings (SSSR count). The maximum atomic E-state index is 13.3. The summed E-state index contributed by atoms with van der Waals surface area (Å²) in [6, 6.07) is 13.8. The van der Waals surface area contributed by atoms with Crippen LogP contribution >= 0.6 is 11.6 Å². The van der Waals surface area contributed by atoms with E-state index in [1.807, 2.05) is 26.0 Å². The van der Waals surface area contributed by atoms with E-state index in [2.05, 4.69) is 0 Å². The summed E-state index contributed by atoms with van der Waals surface area (Å²) in [7, 11) is 0. The minimum absolute atomic E-state index is 0.0625. The van der Waals surface area contributed by atoms with Crippen LogP contribution in [0.1, 0.15) is 28.3 Å². The van der Waals surface area contributed by atoms with Crippen LogP contribution in [0.2, 0.25) is 5.02 Å². The molecule has 2 aliphatic rings. The Morgan fingerprint density at radius 2 is 1.69 bits per heavy atom. The minimum atomic E-state index is -0.969. The predicted molar refractivity (Wildman–Crippen MR) is 131 cm³/mol. The van der Waals surface area contributed by atoms with Crippen molar-refractivity contribution in [2.75, 3.05) is 18.1 Å². The molecule has 0 aliphatic carbocycles. The van der Waals surface area contributed by atoms with Gasteiger partial charge >= 0.3 is 0 Å². The van der Waals surface area contributed by atoms with Gasteiger partial charge in [0.15, 0.2) is 11.5 Å². The van der Waals surface area contributed by atoms with Crippen LogP contribution in [0, 0.1) is 13.8 Å². The van der Waals surface area contributed by atoms with Crippen molar-refractivity contribution in [2.24, 2.45) is 0 Å². The van der Waals surface area contributed by atoms with Gasteiger partial charge in [-0.3, -0.25) is 14.5 Å². The van der Waals surface area contributed by atoms with Crippen molar-refractivity contribution in [2.45, 2.75) is 19.9 Å². The highest BCUT2D eigenvalue weighted by atomic mass is 35.5. The minimum Gasteiger partial charge on any atom is -0.507 e. The van der Waals surface area contributed by atoms with Crippen LogP contribution in [0.3, 0.4) is 0 Å². The molecule has 2 heterocycles. The molecule has 2 N–H and O–H groups in total. The topological polar surface area (TPSA) is 96.3 Å². The standard InChI is InChI=1S/C27H22ClNO6/c1-14-3-6-18(11-15(14)2)29-24(16-4-7-20(30)19(28)12-16)23(26(32)27(29)33)25(31)17-5-8-21-22(13-17)35-10-9-34-21/h3-8,11-13,24,30-31H,9-10H2,1-2H3/b25-23-. The molecule has 1 saturated heterocycles. The molecular formula is C27H22ClNO6. The van der Waals surface area contributed by atoms with Gasteiger partial charge in [0, 0.05) is 11.3 Å². The Kier molecular flexibility index (Phi) is 5.65. The Morgan fingerprint density at radius 1 is 0.943 bits per heavy atom. The smallest absolute Gasteiger partial charge is 0.300 e. The van der Waals surface area contributed by atoms with E-state index in [0.717, 1.165) is 11.1 Å². The second-order valence-electron chi connectivity index (χ2n) is 8.51. The number of aromatic hydroxyl groups is 1. The van der Waals surface area contributed by atoms with E-state index >= 15 is 0 Å². The summed E-state index contributed by atoms with van der Waals surface area (Å²) >= 11 is 6.18. The van der Waals surface area contributed by atoms with E-state index in [0.29, 0.717) is 41.5 Å². The van der Waals surface area contributed by atoms with Crippen molar-refractivity contribution in [3.63, 3.8) is 0 Å². The number of amides is 1. The summed E-state index contributed by atoms with van der Waals surface area (Å²) < 4.78 is 11.2. The highest BCUT2D eigenvalue weighted by molar-refractivity contribution is 6.51. The lowest BCUT2D eigenvalue weighted by molar-refractivity contribution is -0.132. The van der Waals surface area contributed by atoms with Crippen LogP contribution in [0.4, 0.5) is 5.69 Å². The molecule has 1 amide bonds. The molecule has 0 aromatic heterocycles. The first kappa shape index (κ1) is 22.8. The number of ketones is 1. The number of phenols is 1. The number of aliphatic hydroxyl groups excluding tert-OH is 1. The second-order valence-corrected chi connectivity index (χ2v) is 8.91. The van der Waals surface area contributed by atoms with Gasteiger partial charge < -0.3 is 19.7 Å². The third-order valence-corrected chi connectivity index (χ3v) is 6.62. The summed E-state index contributed by atoms with van der Waals surface area (Å²) in [5, 5.41) is 21.3. The highest BCUT2D eigenvalue weighted by Gasteiger charge is 2.47. The molecule has 35 heavy (non-hydrogen) atoms. The number of fused-ring (bicyclic) bond motifs is 1. The summed E-state index contributed by atoms with van der Waals surface area (Å²) in [5.74, 6) is -1.12. The van der Waals surface area contributed by atoms with Gasteiger partial charge in [0.25, 0.3) is 11.7 Å². The van der Waals surface area contributed by atoms with Crippen LogP contribution in [0.15, 0.2) is 60.2 Å². The average Bonchev–Trinajstić information content (AvgIpc) is 3.12. The van der Waals surface area contributed by atoms with Crippen molar-refractivity contribution in [1.29, 1.82) is 0 Å². The number of aliphatic hydroxyl groups is 1. The predicted octanol–water partition coefficient (Wildman–Crippen LogP) is 5.06. The number of ether oxygens (including phenoxy) is 2. The lowest BCUT2D eigenvalue weighted by Crippen LogP contribution is -2.29. The Labute approximate surface area is 206 Å². The second kappa shape index (κ2) is 8.67. The van der Waals surface area contributed by atoms with Crippen LogP contribution in [-0.2, 0) is 9.59 Å². The van der Waals surface area contributed by atoms with Gasteiger partial charge in [0.2, 0.25) is 0 Å². The van der Waals surface area contributed by atoms with Crippen LogP contribution in [0.25, 0.3) is 5.76 Å². The number of phenolic OH excluding ortho intramolecular Hbond substituents is 1. The van der Waals surface area contributed by atoms with E-state index < -0.39 is 17.7 Å². The van der Waals surface area contributed by atoms with Gasteiger partial charge in [0.1, 0.15) is 24.7 Å². The maximum absolute atomic E-state index is 13.3. The van der Waals surface area contributed by atoms with E-state index in [1.54, 1.807) is 30.3 Å². The van der Waals surface area contributed by atoms with Crippen LogP contribution in [0.5, 0.6) is 17.2 Å². The lowest BCUT2D eigenvalue weighted by Gasteiger charge is -2.26. The number of benzene rings is 3. The fourth-order valence-corrected chi connectivity index (χ4v) is 4.52. The molecule has 3 aromatic rings. The molecule has 0 radical (unpaired) electrons. The molecule has 0 spiro atoms. The molecule has 7 nitrogen and oxygen atoms in total. The zero-order valence-corrected chi connectivity index (χ0v) is 19.8. The summed E-state index contributed by atoms with van der Waals surface area (Å²) in [6.45, 7) is 4.64. The van der Waals surface area contributed by atoms with E-state index in [-0.39, 0.29) is 22.1 Å². The number of hydrogen-bond donors (Lipinski definition) is 2. The van der Waals surface area contributed by atoms with Crippen molar-refractivity contribution < 1.29 is 29.3 Å². The number of aryl methyl sites for hydroxylation is 2. The van der Waals surface area contributed by atoms with Crippen LogP contribution in [-0.4, -0.2) is 35.1 Å². The Balaban J connectivity index is 1.72. The molecule has 2 aliphatic heterocycles. The van der Waals surface area contributed by atoms with E-state index in [4.69, 9.17) is 21.1 Å². The fourth-order valence-electron chi connectivity index (χ4n) is 4.33. The Bertz CT molecular complexity index is 1410. The van der Waals surface area contributed by atoms with E-state index in [9.17, 15) is 19.8 Å². The zero-order valence-electron chi connectivity index (χ0n) is 19.0. The lowest BCUT2D eigenvalue weighted by atomic mass is 9.94. The highest BCUT2D eigenvalue weighted by Crippen LogP contribution is 2.44. The molecule has 8 heteroatoms. The number of hydrogen-bond acceptors (Lipinski definition) is 6. The van der Waals surface area contributed by atoms with Crippen molar-refractivity contribution in [3.05, 3.63) is 87.4 Å². The van der Waals surface area contributed by atoms with E-state index in [1.165, 1.54) is 17.0 Å². The zero-order chi connectivity index (χ0) is 24.9. The molecule has 0 bridgehead atoms. The molecule has 3 aromatic carbocycles. The maximum Gasteiger partial charge on any atom is 0.300 e. The molecule has 178 valence electrons. The summed E-state index contributed by atoms with van der Waals surface area (Å²) in [4.78, 5) is 28.0. The normalized spacial score (nSPS) is 18.7. The number of halogens is 1.